The second kappa shape index (κ2) is 5.92. The van der Waals surface area contributed by atoms with Gasteiger partial charge in [0.05, 0.1) is 4.88 Å². The fraction of sp³-hybridized carbons (Fsp3) is 0.250. The summed E-state index contributed by atoms with van der Waals surface area (Å²) in [5, 5.41) is 1.03. The number of amides is 1. The standard InChI is InChI=1S/C16H14N2OS2/c1-11-13(4-3-12-5-8-17-9-6-12)21-16-15(11)20-10-7-14(19)18(16)2/h5-6,8-9H,7,10H2,1-2H3. The average molecular weight is 314 g/mol. The van der Waals surface area contributed by atoms with Gasteiger partial charge in [-0.05, 0) is 24.6 Å². The molecule has 106 valence electrons. The van der Waals surface area contributed by atoms with Crippen molar-refractivity contribution in [1.29, 1.82) is 0 Å². The van der Waals surface area contributed by atoms with Crippen LogP contribution in [0.4, 0.5) is 5.00 Å². The second-order valence-electron chi connectivity index (χ2n) is 4.73. The SMILES string of the molecule is Cc1c(C#Cc2ccncc2)sc2c1SCCC(=O)N2C. The van der Waals surface area contributed by atoms with Gasteiger partial charge in [-0.25, -0.2) is 0 Å². The van der Waals surface area contributed by atoms with Crippen LogP contribution in [0.2, 0.25) is 0 Å². The van der Waals surface area contributed by atoms with Crippen LogP contribution in [0.3, 0.4) is 0 Å². The topological polar surface area (TPSA) is 33.2 Å². The van der Waals surface area contributed by atoms with Gasteiger partial charge in [-0.1, -0.05) is 11.8 Å². The first-order valence-electron chi connectivity index (χ1n) is 6.61. The number of hydrogen-bond donors (Lipinski definition) is 0. The maximum absolute atomic E-state index is 12.0. The molecule has 0 radical (unpaired) electrons. The molecule has 2 aromatic rings. The molecule has 3 heterocycles. The van der Waals surface area contributed by atoms with E-state index in [1.54, 1.807) is 40.4 Å². The van der Waals surface area contributed by atoms with Crippen LogP contribution in [0.15, 0.2) is 29.4 Å². The van der Waals surface area contributed by atoms with E-state index in [1.165, 1.54) is 10.5 Å². The normalized spacial score (nSPS) is 14.2. The molecular weight excluding hydrogens is 300 g/mol. The van der Waals surface area contributed by atoms with Crippen LogP contribution < -0.4 is 4.90 Å². The van der Waals surface area contributed by atoms with Crippen molar-refractivity contribution in [2.75, 3.05) is 17.7 Å². The molecule has 0 saturated heterocycles. The lowest BCUT2D eigenvalue weighted by Gasteiger charge is -2.12. The number of rotatable bonds is 0. The summed E-state index contributed by atoms with van der Waals surface area (Å²) in [7, 11) is 1.85. The number of anilines is 1. The van der Waals surface area contributed by atoms with Gasteiger partial charge in [0.2, 0.25) is 5.91 Å². The molecule has 0 aliphatic carbocycles. The van der Waals surface area contributed by atoms with Crippen molar-refractivity contribution in [1.82, 2.24) is 4.98 Å². The van der Waals surface area contributed by atoms with Crippen LogP contribution in [-0.4, -0.2) is 23.7 Å². The highest BCUT2D eigenvalue weighted by atomic mass is 32.2. The largest absolute Gasteiger partial charge is 0.306 e. The number of carbonyl (C=O) groups is 1. The van der Waals surface area contributed by atoms with Crippen molar-refractivity contribution in [3.8, 4) is 11.8 Å². The minimum atomic E-state index is 0.177. The molecule has 0 unspecified atom stereocenters. The molecule has 1 aliphatic rings. The highest BCUT2D eigenvalue weighted by Gasteiger charge is 2.24. The number of hydrogen-bond acceptors (Lipinski definition) is 4. The summed E-state index contributed by atoms with van der Waals surface area (Å²) < 4.78 is 0. The van der Waals surface area contributed by atoms with E-state index in [4.69, 9.17) is 0 Å². The molecule has 2 aromatic heterocycles. The molecule has 0 atom stereocenters. The average Bonchev–Trinajstić information content (AvgIpc) is 2.74. The number of nitrogens with zero attached hydrogens (tertiary/aromatic N) is 2. The molecule has 0 N–H and O–H groups in total. The number of aromatic nitrogens is 1. The summed E-state index contributed by atoms with van der Waals surface area (Å²) in [5.41, 5.74) is 2.13. The summed E-state index contributed by atoms with van der Waals surface area (Å²) >= 11 is 3.36. The summed E-state index contributed by atoms with van der Waals surface area (Å²) in [6.45, 7) is 2.09. The molecule has 1 aliphatic heterocycles. The fourth-order valence-corrected chi connectivity index (χ4v) is 4.54. The third-order valence-electron chi connectivity index (χ3n) is 3.32. The Hall–Kier alpha value is -1.77. The van der Waals surface area contributed by atoms with Crippen LogP contribution in [0.25, 0.3) is 0 Å². The number of pyridine rings is 1. The van der Waals surface area contributed by atoms with Crippen LogP contribution in [0, 0.1) is 18.8 Å². The lowest BCUT2D eigenvalue weighted by molar-refractivity contribution is -0.117. The van der Waals surface area contributed by atoms with Crippen LogP contribution in [0.5, 0.6) is 0 Å². The van der Waals surface area contributed by atoms with Gasteiger partial charge in [-0.3, -0.25) is 9.78 Å². The summed E-state index contributed by atoms with van der Waals surface area (Å²) in [5.74, 6) is 7.41. The van der Waals surface area contributed by atoms with Gasteiger partial charge in [-0.2, -0.15) is 0 Å². The Morgan fingerprint density at radius 2 is 2.05 bits per heavy atom. The summed E-state index contributed by atoms with van der Waals surface area (Å²) in [6, 6.07) is 3.79. The zero-order chi connectivity index (χ0) is 14.8. The van der Waals surface area contributed by atoms with Crippen LogP contribution >= 0.6 is 23.1 Å². The minimum Gasteiger partial charge on any atom is -0.306 e. The monoisotopic (exact) mass is 314 g/mol. The van der Waals surface area contributed by atoms with Gasteiger partial charge in [0, 0.05) is 42.1 Å². The van der Waals surface area contributed by atoms with E-state index in [1.807, 2.05) is 19.2 Å². The van der Waals surface area contributed by atoms with Gasteiger partial charge < -0.3 is 4.90 Å². The Balaban J connectivity index is 1.99. The Kier molecular flexibility index (Phi) is 4.00. The lowest BCUT2D eigenvalue weighted by Crippen LogP contribution is -2.24. The third-order valence-corrected chi connectivity index (χ3v) is 5.93. The maximum atomic E-state index is 12.0. The second-order valence-corrected chi connectivity index (χ2v) is 6.83. The Morgan fingerprint density at radius 1 is 1.29 bits per heavy atom. The number of fused-ring (bicyclic) bond motifs is 1. The van der Waals surface area contributed by atoms with Crippen LogP contribution in [-0.2, 0) is 4.79 Å². The van der Waals surface area contributed by atoms with E-state index >= 15 is 0 Å². The molecule has 0 spiro atoms. The van der Waals surface area contributed by atoms with Gasteiger partial charge in [0.1, 0.15) is 5.00 Å². The van der Waals surface area contributed by atoms with Crippen molar-refractivity contribution >= 4 is 34.0 Å². The molecule has 21 heavy (non-hydrogen) atoms. The molecule has 3 rings (SSSR count). The smallest absolute Gasteiger partial charge is 0.228 e. The Labute approximate surface area is 132 Å². The van der Waals surface area contributed by atoms with Crippen molar-refractivity contribution in [2.45, 2.75) is 18.2 Å². The molecule has 3 nitrogen and oxygen atoms in total. The Bertz CT molecular complexity index is 741. The lowest BCUT2D eigenvalue weighted by atomic mass is 10.2. The molecule has 0 aromatic carbocycles. The molecule has 5 heteroatoms. The zero-order valence-electron chi connectivity index (χ0n) is 11.8. The molecule has 0 fully saturated rings. The predicted molar refractivity (Wildman–Crippen MR) is 88.0 cm³/mol. The van der Waals surface area contributed by atoms with Crippen molar-refractivity contribution in [2.24, 2.45) is 0 Å². The van der Waals surface area contributed by atoms with Gasteiger partial charge in [0.25, 0.3) is 0 Å². The minimum absolute atomic E-state index is 0.177. The van der Waals surface area contributed by atoms with Crippen molar-refractivity contribution < 1.29 is 4.79 Å². The number of carbonyl (C=O) groups excluding carboxylic acids is 1. The van der Waals surface area contributed by atoms with Crippen LogP contribution in [0.1, 0.15) is 22.4 Å². The number of thioether (sulfide) groups is 1. The third kappa shape index (κ3) is 2.82. The van der Waals surface area contributed by atoms with Crippen molar-refractivity contribution in [3.63, 3.8) is 0 Å². The zero-order valence-corrected chi connectivity index (χ0v) is 13.5. The highest BCUT2D eigenvalue weighted by molar-refractivity contribution is 7.99. The first-order valence-corrected chi connectivity index (χ1v) is 8.42. The molecule has 0 bridgehead atoms. The van der Waals surface area contributed by atoms with Crippen molar-refractivity contribution in [3.05, 3.63) is 40.5 Å². The van der Waals surface area contributed by atoms with E-state index in [9.17, 15) is 4.79 Å². The quantitative estimate of drug-likeness (QED) is 0.700. The first kappa shape index (κ1) is 14.2. The van der Waals surface area contributed by atoms with Gasteiger partial charge >= 0.3 is 0 Å². The Morgan fingerprint density at radius 3 is 2.81 bits per heavy atom. The highest BCUT2D eigenvalue weighted by Crippen LogP contribution is 2.43. The van der Waals surface area contributed by atoms with Gasteiger partial charge in [-0.15, -0.1) is 23.1 Å². The molecule has 1 amide bonds. The predicted octanol–water partition coefficient (Wildman–Crippen LogP) is 3.31. The van der Waals surface area contributed by atoms with E-state index in [-0.39, 0.29) is 5.91 Å². The van der Waals surface area contributed by atoms with E-state index in [0.717, 1.165) is 21.2 Å². The molecule has 0 saturated carbocycles. The first-order chi connectivity index (χ1) is 10.2. The van der Waals surface area contributed by atoms with E-state index in [2.05, 4.69) is 23.7 Å². The fourth-order valence-electron chi connectivity index (χ4n) is 2.08. The van der Waals surface area contributed by atoms with E-state index < -0.39 is 0 Å². The summed E-state index contributed by atoms with van der Waals surface area (Å²) in [6.07, 6.45) is 4.07. The van der Waals surface area contributed by atoms with Gasteiger partial charge in [0.15, 0.2) is 0 Å². The summed E-state index contributed by atoms with van der Waals surface area (Å²) in [4.78, 5) is 19.9. The molecular formula is C16H14N2OS2. The maximum Gasteiger partial charge on any atom is 0.228 e. The van der Waals surface area contributed by atoms with E-state index in [0.29, 0.717) is 6.42 Å². The number of thiophene rings is 1.